The summed E-state index contributed by atoms with van der Waals surface area (Å²) in [7, 11) is 0. The number of anilines is 1. The SMILES string of the molecule is CSc1nccn1-c1cccc(C(=O)Nc2cccc(-c3cn4c(n3)CCCC4)c2)c1. The molecule has 0 unspecified atom stereocenters. The third-order valence-electron chi connectivity index (χ3n) is 5.50. The number of amides is 1. The molecule has 0 spiro atoms. The van der Waals surface area contributed by atoms with Crippen LogP contribution in [-0.2, 0) is 13.0 Å². The Bertz CT molecular complexity index is 1220. The Balaban J connectivity index is 1.37. The molecule has 31 heavy (non-hydrogen) atoms. The van der Waals surface area contributed by atoms with Crippen molar-refractivity contribution in [3.8, 4) is 16.9 Å². The van der Waals surface area contributed by atoms with Crippen LogP contribution in [0.4, 0.5) is 5.69 Å². The first-order chi connectivity index (χ1) is 15.2. The van der Waals surface area contributed by atoms with Crippen LogP contribution in [-0.4, -0.2) is 31.3 Å². The lowest BCUT2D eigenvalue weighted by Gasteiger charge is -2.11. The van der Waals surface area contributed by atoms with Crippen LogP contribution in [0.5, 0.6) is 0 Å². The summed E-state index contributed by atoms with van der Waals surface area (Å²) in [6.07, 6.45) is 11.2. The van der Waals surface area contributed by atoms with Crippen LogP contribution in [0.25, 0.3) is 16.9 Å². The van der Waals surface area contributed by atoms with E-state index in [1.807, 2.05) is 65.6 Å². The van der Waals surface area contributed by atoms with Crippen molar-refractivity contribution in [2.45, 2.75) is 31.0 Å². The number of carbonyl (C=O) groups excluding carboxylic acids is 1. The van der Waals surface area contributed by atoms with Gasteiger partial charge < -0.3 is 9.88 Å². The Morgan fingerprint density at radius 1 is 1.13 bits per heavy atom. The quantitative estimate of drug-likeness (QED) is 0.451. The highest BCUT2D eigenvalue weighted by atomic mass is 32.2. The summed E-state index contributed by atoms with van der Waals surface area (Å²) >= 11 is 1.57. The van der Waals surface area contributed by atoms with Gasteiger partial charge in [-0.15, -0.1) is 0 Å². The molecule has 0 atom stereocenters. The molecule has 2 aromatic carbocycles. The molecule has 156 valence electrons. The normalized spacial score (nSPS) is 13.1. The molecule has 7 heteroatoms. The van der Waals surface area contributed by atoms with Gasteiger partial charge in [-0.2, -0.15) is 0 Å². The third-order valence-corrected chi connectivity index (χ3v) is 6.17. The van der Waals surface area contributed by atoms with Crippen molar-refractivity contribution in [1.29, 1.82) is 0 Å². The van der Waals surface area contributed by atoms with E-state index in [-0.39, 0.29) is 5.91 Å². The zero-order valence-electron chi connectivity index (χ0n) is 17.3. The summed E-state index contributed by atoms with van der Waals surface area (Å²) in [5.74, 6) is 1.01. The number of carbonyl (C=O) groups is 1. The fraction of sp³-hybridized carbons (Fsp3) is 0.208. The fourth-order valence-corrected chi connectivity index (χ4v) is 4.47. The molecular formula is C24H23N5OS. The van der Waals surface area contributed by atoms with Crippen molar-refractivity contribution in [2.75, 3.05) is 11.6 Å². The van der Waals surface area contributed by atoms with Crippen LogP contribution < -0.4 is 5.32 Å². The zero-order chi connectivity index (χ0) is 21.2. The van der Waals surface area contributed by atoms with E-state index in [2.05, 4.69) is 21.1 Å². The molecule has 0 bridgehead atoms. The summed E-state index contributed by atoms with van der Waals surface area (Å²) in [4.78, 5) is 22.1. The Morgan fingerprint density at radius 3 is 2.90 bits per heavy atom. The van der Waals surface area contributed by atoms with Crippen LogP contribution in [0.1, 0.15) is 29.0 Å². The molecule has 6 nitrogen and oxygen atoms in total. The minimum atomic E-state index is -0.144. The second kappa shape index (κ2) is 8.43. The van der Waals surface area contributed by atoms with Crippen molar-refractivity contribution < 1.29 is 4.79 Å². The molecule has 3 heterocycles. The Kier molecular flexibility index (Phi) is 5.34. The van der Waals surface area contributed by atoms with Crippen molar-refractivity contribution >= 4 is 23.4 Å². The number of rotatable bonds is 5. The van der Waals surface area contributed by atoms with E-state index in [9.17, 15) is 4.79 Å². The van der Waals surface area contributed by atoms with Crippen LogP contribution in [0.3, 0.4) is 0 Å². The number of fused-ring (bicyclic) bond motifs is 1. The average molecular weight is 430 g/mol. The molecule has 0 saturated heterocycles. The number of aryl methyl sites for hydroxylation is 2. The largest absolute Gasteiger partial charge is 0.334 e. The minimum Gasteiger partial charge on any atom is -0.334 e. The van der Waals surface area contributed by atoms with Crippen LogP contribution in [0, 0.1) is 0 Å². The third kappa shape index (κ3) is 4.01. The van der Waals surface area contributed by atoms with Gasteiger partial charge in [0.05, 0.1) is 5.69 Å². The summed E-state index contributed by atoms with van der Waals surface area (Å²) < 4.78 is 4.22. The van der Waals surface area contributed by atoms with Gasteiger partial charge in [-0.05, 0) is 49.4 Å². The number of aromatic nitrogens is 4. The van der Waals surface area contributed by atoms with Crippen molar-refractivity contribution in [3.05, 3.63) is 78.5 Å². The maximum absolute atomic E-state index is 12.9. The molecule has 5 rings (SSSR count). The monoisotopic (exact) mass is 429 g/mol. The molecule has 1 aliphatic heterocycles. The van der Waals surface area contributed by atoms with E-state index in [4.69, 9.17) is 4.98 Å². The smallest absolute Gasteiger partial charge is 0.255 e. The number of hydrogen-bond acceptors (Lipinski definition) is 4. The zero-order valence-corrected chi connectivity index (χ0v) is 18.1. The second-order valence-corrected chi connectivity index (χ2v) is 8.34. The maximum Gasteiger partial charge on any atom is 0.255 e. The molecule has 0 saturated carbocycles. The fourth-order valence-electron chi connectivity index (χ4n) is 3.95. The van der Waals surface area contributed by atoms with Crippen LogP contribution in [0.2, 0.25) is 0 Å². The number of thioether (sulfide) groups is 1. The van der Waals surface area contributed by atoms with Gasteiger partial charge in [0.2, 0.25) is 0 Å². The van der Waals surface area contributed by atoms with Crippen molar-refractivity contribution in [1.82, 2.24) is 19.1 Å². The van der Waals surface area contributed by atoms with E-state index < -0.39 is 0 Å². The number of nitrogens with one attached hydrogen (secondary N) is 1. The lowest BCUT2D eigenvalue weighted by atomic mass is 10.1. The molecule has 1 N–H and O–H groups in total. The van der Waals surface area contributed by atoms with Gasteiger partial charge in [-0.3, -0.25) is 9.36 Å². The lowest BCUT2D eigenvalue weighted by Crippen LogP contribution is -2.12. The molecular weight excluding hydrogens is 406 g/mol. The number of benzene rings is 2. The first-order valence-electron chi connectivity index (χ1n) is 10.4. The highest BCUT2D eigenvalue weighted by Crippen LogP contribution is 2.25. The first kappa shape index (κ1) is 19.6. The molecule has 0 radical (unpaired) electrons. The van der Waals surface area contributed by atoms with Gasteiger partial charge in [0.15, 0.2) is 5.16 Å². The molecule has 0 aliphatic carbocycles. The van der Waals surface area contributed by atoms with Crippen LogP contribution in [0.15, 0.2) is 72.3 Å². The number of nitrogens with zero attached hydrogens (tertiary/aromatic N) is 4. The second-order valence-electron chi connectivity index (χ2n) is 7.56. The predicted molar refractivity (Wildman–Crippen MR) is 124 cm³/mol. The van der Waals surface area contributed by atoms with Gasteiger partial charge in [-0.25, -0.2) is 9.97 Å². The van der Waals surface area contributed by atoms with Gasteiger partial charge in [0, 0.05) is 54.1 Å². The van der Waals surface area contributed by atoms with Gasteiger partial charge >= 0.3 is 0 Å². The predicted octanol–water partition coefficient (Wildman–Crippen LogP) is 5.05. The molecule has 0 fully saturated rings. The highest BCUT2D eigenvalue weighted by molar-refractivity contribution is 7.98. The molecule has 1 aliphatic rings. The summed E-state index contributed by atoms with van der Waals surface area (Å²) in [6, 6.07) is 15.4. The summed E-state index contributed by atoms with van der Waals surface area (Å²) in [5, 5.41) is 3.91. The van der Waals surface area contributed by atoms with Gasteiger partial charge in [0.1, 0.15) is 5.82 Å². The van der Waals surface area contributed by atoms with E-state index in [1.54, 1.807) is 18.0 Å². The minimum absolute atomic E-state index is 0.144. The average Bonchev–Trinajstić information content (AvgIpc) is 3.46. The summed E-state index contributed by atoms with van der Waals surface area (Å²) in [5.41, 5.74) is 4.23. The van der Waals surface area contributed by atoms with Gasteiger partial charge in [0.25, 0.3) is 5.91 Å². The Morgan fingerprint density at radius 2 is 2.03 bits per heavy atom. The van der Waals surface area contributed by atoms with E-state index >= 15 is 0 Å². The van der Waals surface area contributed by atoms with Crippen molar-refractivity contribution in [3.63, 3.8) is 0 Å². The first-order valence-corrected chi connectivity index (χ1v) is 11.6. The molecule has 1 amide bonds. The van der Waals surface area contributed by atoms with E-state index in [0.29, 0.717) is 5.56 Å². The standard InChI is InChI=1S/C24H23N5OS/c1-31-24-25-11-13-29(24)20-9-5-7-18(15-20)23(30)26-19-8-4-6-17(14-19)21-16-28-12-3-2-10-22(28)27-21/h4-9,11,13-16H,2-3,10,12H2,1H3,(H,26,30). The molecule has 4 aromatic rings. The maximum atomic E-state index is 12.9. The lowest BCUT2D eigenvalue weighted by molar-refractivity contribution is 0.102. The number of hydrogen-bond donors (Lipinski definition) is 1. The Hall–Kier alpha value is -3.32. The van der Waals surface area contributed by atoms with E-state index in [1.165, 1.54) is 12.8 Å². The Labute approximate surface area is 185 Å². The summed E-state index contributed by atoms with van der Waals surface area (Å²) in [6.45, 7) is 1.03. The van der Waals surface area contributed by atoms with Crippen molar-refractivity contribution in [2.24, 2.45) is 0 Å². The molecule has 2 aromatic heterocycles. The number of imidazole rings is 2. The van der Waals surface area contributed by atoms with Gasteiger partial charge in [-0.1, -0.05) is 30.0 Å². The highest BCUT2D eigenvalue weighted by Gasteiger charge is 2.14. The van der Waals surface area contributed by atoms with Crippen LogP contribution >= 0.6 is 11.8 Å². The topological polar surface area (TPSA) is 64.7 Å². The van der Waals surface area contributed by atoms with E-state index in [0.717, 1.165) is 46.6 Å².